The van der Waals surface area contributed by atoms with E-state index in [9.17, 15) is 4.79 Å². The maximum atomic E-state index is 11.0. The summed E-state index contributed by atoms with van der Waals surface area (Å²) in [5, 5.41) is 3.13. The van der Waals surface area contributed by atoms with E-state index in [1.165, 1.54) is 7.11 Å². The molecule has 0 atom stereocenters. The number of carbonyl (C=O) groups excluding carboxylic acids is 1. The van der Waals surface area contributed by atoms with Gasteiger partial charge in [-0.25, -0.2) is 4.98 Å². The number of benzene rings is 1. The van der Waals surface area contributed by atoms with E-state index < -0.39 is 0 Å². The number of rotatable bonds is 5. The molecule has 1 aromatic heterocycles. The zero-order valence-corrected chi connectivity index (χ0v) is 11.1. The summed E-state index contributed by atoms with van der Waals surface area (Å²) in [6.07, 6.45) is 2.07. The molecular formula is C14H15NO2S. The highest BCUT2D eigenvalue weighted by Gasteiger charge is 2.05. The fourth-order valence-corrected chi connectivity index (χ4v) is 2.50. The molecular weight excluding hydrogens is 246 g/mol. The normalized spacial score (nSPS) is 10.3. The Bertz CT molecular complexity index is 508. The van der Waals surface area contributed by atoms with Gasteiger partial charge in [0, 0.05) is 17.4 Å². The summed E-state index contributed by atoms with van der Waals surface area (Å²) in [6.45, 7) is 0. The third-order valence-corrected chi connectivity index (χ3v) is 3.53. The zero-order valence-electron chi connectivity index (χ0n) is 10.3. The molecule has 0 aliphatic carbocycles. The van der Waals surface area contributed by atoms with Gasteiger partial charge >= 0.3 is 5.97 Å². The molecule has 0 N–H and O–H groups in total. The van der Waals surface area contributed by atoms with E-state index in [4.69, 9.17) is 0 Å². The summed E-state index contributed by atoms with van der Waals surface area (Å²) >= 11 is 1.64. The molecule has 94 valence electrons. The Balaban J connectivity index is 1.93. The molecule has 2 aromatic rings. The highest BCUT2D eigenvalue weighted by atomic mass is 32.1. The lowest BCUT2D eigenvalue weighted by Crippen LogP contribution is -2.00. The van der Waals surface area contributed by atoms with Crippen molar-refractivity contribution in [1.29, 1.82) is 0 Å². The summed E-state index contributed by atoms with van der Waals surface area (Å²) in [7, 11) is 1.42. The molecule has 1 heterocycles. The number of aromatic nitrogens is 1. The van der Waals surface area contributed by atoms with Crippen LogP contribution < -0.4 is 0 Å². The molecule has 0 saturated carbocycles. The fourth-order valence-electron chi connectivity index (χ4n) is 1.65. The van der Waals surface area contributed by atoms with Gasteiger partial charge in [0.1, 0.15) is 0 Å². The van der Waals surface area contributed by atoms with E-state index in [0.717, 1.165) is 29.1 Å². The number of methoxy groups -OCH3 is 1. The van der Waals surface area contributed by atoms with Gasteiger partial charge in [0.2, 0.25) is 0 Å². The topological polar surface area (TPSA) is 39.2 Å². The molecule has 18 heavy (non-hydrogen) atoms. The molecule has 0 aliphatic rings. The average Bonchev–Trinajstić information content (AvgIpc) is 2.88. The van der Waals surface area contributed by atoms with E-state index in [1.807, 2.05) is 30.3 Å². The van der Waals surface area contributed by atoms with Gasteiger partial charge in [-0.1, -0.05) is 30.3 Å². The number of nitrogens with zero attached hydrogens (tertiary/aromatic N) is 1. The van der Waals surface area contributed by atoms with Crippen molar-refractivity contribution in [2.24, 2.45) is 0 Å². The Morgan fingerprint density at radius 1 is 1.33 bits per heavy atom. The molecule has 2 rings (SSSR count). The molecule has 0 fully saturated rings. The van der Waals surface area contributed by atoms with E-state index in [-0.39, 0.29) is 5.97 Å². The molecule has 0 radical (unpaired) electrons. The lowest BCUT2D eigenvalue weighted by Gasteiger charge is -1.97. The van der Waals surface area contributed by atoms with Crippen LogP contribution >= 0.6 is 11.3 Å². The van der Waals surface area contributed by atoms with Gasteiger partial charge in [0.15, 0.2) is 0 Å². The summed E-state index contributed by atoms with van der Waals surface area (Å²) in [6, 6.07) is 10.1. The van der Waals surface area contributed by atoms with Crippen molar-refractivity contribution in [3.63, 3.8) is 0 Å². The Morgan fingerprint density at radius 3 is 2.83 bits per heavy atom. The van der Waals surface area contributed by atoms with E-state index in [0.29, 0.717) is 6.42 Å². The molecule has 0 aliphatic heterocycles. The predicted molar refractivity (Wildman–Crippen MR) is 72.5 cm³/mol. The van der Waals surface area contributed by atoms with Crippen LogP contribution in [-0.2, 0) is 16.0 Å². The third kappa shape index (κ3) is 3.40. The monoisotopic (exact) mass is 261 g/mol. The van der Waals surface area contributed by atoms with Crippen molar-refractivity contribution in [2.45, 2.75) is 19.3 Å². The van der Waals surface area contributed by atoms with Crippen molar-refractivity contribution in [3.8, 4) is 11.3 Å². The lowest BCUT2D eigenvalue weighted by molar-refractivity contribution is -0.140. The fraction of sp³-hybridized carbons (Fsp3) is 0.286. The predicted octanol–water partition coefficient (Wildman–Crippen LogP) is 3.31. The second kappa shape index (κ2) is 6.31. The van der Waals surface area contributed by atoms with Crippen LogP contribution in [0.4, 0.5) is 0 Å². The van der Waals surface area contributed by atoms with Gasteiger partial charge < -0.3 is 4.74 Å². The first-order valence-electron chi connectivity index (χ1n) is 5.86. The average molecular weight is 261 g/mol. The van der Waals surface area contributed by atoms with Crippen molar-refractivity contribution in [3.05, 3.63) is 40.7 Å². The van der Waals surface area contributed by atoms with Gasteiger partial charge in [-0.05, 0) is 12.8 Å². The van der Waals surface area contributed by atoms with Crippen LogP contribution in [0.1, 0.15) is 17.8 Å². The minimum absolute atomic E-state index is 0.158. The summed E-state index contributed by atoms with van der Waals surface area (Å²) in [4.78, 5) is 15.6. The third-order valence-electron chi connectivity index (χ3n) is 2.62. The molecule has 4 heteroatoms. The molecule has 0 saturated heterocycles. The van der Waals surface area contributed by atoms with Crippen molar-refractivity contribution in [1.82, 2.24) is 4.98 Å². The highest BCUT2D eigenvalue weighted by Crippen LogP contribution is 2.22. The first-order valence-corrected chi connectivity index (χ1v) is 6.74. The second-order valence-corrected chi connectivity index (χ2v) is 4.86. The minimum atomic E-state index is -0.158. The Morgan fingerprint density at radius 2 is 2.11 bits per heavy atom. The zero-order chi connectivity index (χ0) is 12.8. The van der Waals surface area contributed by atoms with Crippen molar-refractivity contribution in [2.75, 3.05) is 7.11 Å². The summed E-state index contributed by atoms with van der Waals surface area (Å²) in [5.41, 5.74) is 2.14. The van der Waals surface area contributed by atoms with Gasteiger partial charge in [-0.3, -0.25) is 4.79 Å². The van der Waals surface area contributed by atoms with Gasteiger partial charge in [-0.15, -0.1) is 11.3 Å². The van der Waals surface area contributed by atoms with Crippen molar-refractivity contribution < 1.29 is 9.53 Å². The van der Waals surface area contributed by atoms with E-state index >= 15 is 0 Å². The van der Waals surface area contributed by atoms with Crippen LogP contribution in [0.5, 0.6) is 0 Å². The molecule has 3 nitrogen and oxygen atoms in total. The molecule has 0 amide bonds. The van der Waals surface area contributed by atoms with Gasteiger partial charge in [0.25, 0.3) is 0 Å². The van der Waals surface area contributed by atoms with Crippen LogP contribution in [0, 0.1) is 0 Å². The Hall–Kier alpha value is -1.68. The number of hydrogen-bond acceptors (Lipinski definition) is 4. The summed E-state index contributed by atoms with van der Waals surface area (Å²) in [5.74, 6) is -0.158. The maximum absolute atomic E-state index is 11.0. The smallest absolute Gasteiger partial charge is 0.305 e. The molecule has 0 spiro atoms. The SMILES string of the molecule is COC(=O)CCCc1nc(-c2ccccc2)cs1. The lowest BCUT2D eigenvalue weighted by atomic mass is 10.2. The highest BCUT2D eigenvalue weighted by molar-refractivity contribution is 7.09. The Kier molecular flexibility index (Phi) is 4.47. The maximum Gasteiger partial charge on any atom is 0.305 e. The van der Waals surface area contributed by atoms with Crippen LogP contribution in [-0.4, -0.2) is 18.1 Å². The first kappa shape index (κ1) is 12.8. The van der Waals surface area contributed by atoms with Gasteiger partial charge in [0.05, 0.1) is 17.8 Å². The number of thiazole rings is 1. The largest absolute Gasteiger partial charge is 0.469 e. The molecule has 1 aromatic carbocycles. The van der Waals surface area contributed by atoms with Crippen LogP contribution in [0.2, 0.25) is 0 Å². The number of aryl methyl sites for hydroxylation is 1. The first-order chi connectivity index (χ1) is 8.79. The minimum Gasteiger partial charge on any atom is -0.469 e. The quantitative estimate of drug-likeness (QED) is 0.775. The van der Waals surface area contributed by atoms with Crippen LogP contribution in [0.15, 0.2) is 35.7 Å². The molecule has 0 bridgehead atoms. The number of carbonyl (C=O) groups is 1. The number of hydrogen-bond donors (Lipinski definition) is 0. The standard InChI is InChI=1S/C14H15NO2S/c1-17-14(16)9-5-8-13-15-12(10-18-13)11-6-3-2-4-7-11/h2-4,6-7,10H,5,8-9H2,1H3. The molecule has 0 unspecified atom stereocenters. The Labute approximate surface area is 110 Å². The summed E-state index contributed by atoms with van der Waals surface area (Å²) < 4.78 is 4.61. The second-order valence-electron chi connectivity index (χ2n) is 3.92. The van der Waals surface area contributed by atoms with E-state index in [2.05, 4.69) is 15.1 Å². The number of esters is 1. The van der Waals surface area contributed by atoms with Crippen LogP contribution in [0.25, 0.3) is 11.3 Å². The van der Waals surface area contributed by atoms with Crippen molar-refractivity contribution >= 4 is 17.3 Å². The van der Waals surface area contributed by atoms with Crippen LogP contribution in [0.3, 0.4) is 0 Å². The van der Waals surface area contributed by atoms with E-state index in [1.54, 1.807) is 11.3 Å². The number of ether oxygens (including phenoxy) is 1. The van der Waals surface area contributed by atoms with Gasteiger partial charge in [-0.2, -0.15) is 0 Å².